The van der Waals surface area contributed by atoms with E-state index in [0.29, 0.717) is 5.41 Å². The van der Waals surface area contributed by atoms with E-state index in [1.54, 1.807) is 0 Å². The van der Waals surface area contributed by atoms with E-state index in [4.69, 9.17) is 5.73 Å². The molecule has 1 rings (SSSR count). The van der Waals surface area contributed by atoms with E-state index in [9.17, 15) is 0 Å². The fourth-order valence-corrected chi connectivity index (χ4v) is 3.16. The third kappa shape index (κ3) is 5.25. The molecule has 0 aromatic carbocycles. The minimum Gasteiger partial charge on any atom is -0.330 e. The Morgan fingerprint density at radius 1 is 1.06 bits per heavy atom. The van der Waals surface area contributed by atoms with Gasteiger partial charge in [-0.3, -0.25) is 0 Å². The predicted octanol–water partition coefficient (Wildman–Crippen LogP) is 2.17. The van der Waals surface area contributed by atoms with Gasteiger partial charge in [-0.25, -0.2) is 0 Å². The molecule has 0 aliphatic heterocycles. The molecule has 0 radical (unpaired) electrons. The number of rotatable bonds is 8. The second kappa shape index (κ2) is 8.13. The molecule has 2 N–H and O–H groups in total. The summed E-state index contributed by atoms with van der Waals surface area (Å²) in [4.78, 5) is 4.88. The van der Waals surface area contributed by atoms with Crippen molar-refractivity contribution in [2.24, 2.45) is 11.1 Å². The van der Waals surface area contributed by atoms with Crippen molar-refractivity contribution < 1.29 is 0 Å². The molecule has 0 saturated heterocycles. The Morgan fingerprint density at radius 2 is 1.72 bits per heavy atom. The van der Waals surface area contributed by atoms with Crippen molar-refractivity contribution in [2.75, 3.05) is 46.8 Å². The van der Waals surface area contributed by atoms with Crippen LogP contribution in [0.2, 0.25) is 0 Å². The van der Waals surface area contributed by atoms with Crippen LogP contribution in [-0.4, -0.2) is 56.6 Å². The minimum absolute atomic E-state index is 0.423. The van der Waals surface area contributed by atoms with E-state index in [-0.39, 0.29) is 0 Å². The van der Waals surface area contributed by atoms with Gasteiger partial charge in [-0.05, 0) is 65.0 Å². The summed E-state index contributed by atoms with van der Waals surface area (Å²) in [7, 11) is 4.30. The minimum atomic E-state index is 0.423. The molecule has 1 aliphatic rings. The Kier molecular flexibility index (Phi) is 7.20. The fourth-order valence-electron chi connectivity index (χ4n) is 3.16. The van der Waals surface area contributed by atoms with Crippen molar-refractivity contribution in [1.29, 1.82) is 0 Å². The first kappa shape index (κ1) is 15.9. The van der Waals surface area contributed by atoms with Gasteiger partial charge >= 0.3 is 0 Å². The molecule has 0 heterocycles. The van der Waals surface area contributed by atoms with Gasteiger partial charge < -0.3 is 15.5 Å². The maximum atomic E-state index is 6.08. The highest BCUT2D eigenvalue weighted by Crippen LogP contribution is 2.36. The maximum Gasteiger partial charge on any atom is 0.00500 e. The number of hydrogen-bond acceptors (Lipinski definition) is 3. The van der Waals surface area contributed by atoms with Crippen LogP contribution in [0.1, 0.15) is 45.4 Å². The maximum absolute atomic E-state index is 6.08. The molecule has 1 fully saturated rings. The summed E-state index contributed by atoms with van der Waals surface area (Å²) >= 11 is 0. The molecular formula is C15H33N3. The van der Waals surface area contributed by atoms with Crippen LogP contribution in [-0.2, 0) is 0 Å². The zero-order chi connectivity index (χ0) is 13.4. The summed E-state index contributed by atoms with van der Waals surface area (Å²) < 4.78 is 0. The molecule has 3 nitrogen and oxygen atoms in total. The quantitative estimate of drug-likeness (QED) is 0.721. The molecule has 3 heteroatoms. The van der Waals surface area contributed by atoms with E-state index in [1.807, 2.05) is 0 Å². The highest BCUT2D eigenvalue weighted by Gasteiger charge is 2.31. The van der Waals surface area contributed by atoms with Crippen LogP contribution < -0.4 is 5.73 Å². The Hall–Kier alpha value is -0.120. The highest BCUT2D eigenvalue weighted by atomic mass is 15.1. The first-order valence-electron chi connectivity index (χ1n) is 7.69. The standard InChI is InChI=1S/C15H33N3/c1-4-18(12-8-11-17(2)3)14-15(13-16)9-6-5-7-10-15/h4-14,16H2,1-3H3. The topological polar surface area (TPSA) is 32.5 Å². The third-order valence-corrected chi connectivity index (χ3v) is 4.43. The lowest BCUT2D eigenvalue weighted by Crippen LogP contribution is -2.44. The van der Waals surface area contributed by atoms with Gasteiger partial charge in [-0.15, -0.1) is 0 Å². The Bertz CT molecular complexity index is 210. The molecule has 0 bridgehead atoms. The second-order valence-corrected chi connectivity index (χ2v) is 6.29. The third-order valence-electron chi connectivity index (χ3n) is 4.43. The van der Waals surface area contributed by atoms with Gasteiger partial charge in [-0.1, -0.05) is 26.2 Å². The molecule has 1 saturated carbocycles. The van der Waals surface area contributed by atoms with E-state index in [0.717, 1.165) is 13.1 Å². The van der Waals surface area contributed by atoms with E-state index >= 15 is 0 Å². The predicted molar refractivity (Wildman–Crippen MR) is 79.9 cm³/mol. The van der Waals surface area contributed by atoms with Gasteiger partial charge in [0, 0.05) is 6.54 Å². The van der Waals surface area contributed by atoms with Gasteiger partial charge in [0.15, 0.2) is 0 Å². The molecule has 0 amide bonds. The summed E-state index contributed by atoms with van der Waals surface area (Å²) in [6, 6.07) is 0. The van der Waals surface area contributed by atoms with Crippen LogP contribution in [0.3, 0.4) is 0 Å². The molecule has 0 aromatic heterocycles. The summed E-state index contributed by atoms with van der Waals surface area (Å²) in [5, 5.41) is 0. The zero-order valence-corrected chi connectivity index (χ0v) is 12.7. The molecule has 108 valence electrons. The van der Waals surface area contributed by atoms with Crippen molar-refractivity contribution in [3.8, 4) is 0 Å². The first-order valence-corrected chi connectivity index (χ1v) is 7.69. The van der Waals surface area contributed by atoms with Crippen molar-refractivity contribution >= 4 is 0 Å². The normalized spacial score (nSPS) is 19.7. The van der Waals surface area contributed by atoms with E-state index < -0.39 is 0 Å². The van der Waals surface area contributed by atoms with Crippen molar-refractivity contribution in [2.45, 2.75) is 45.4 Å². The lowest BCUT2D eigenvalue weighted by molar-refractivity contribution is 0.112. The van der Waals surface area contributed by atoms with Crippen molar-refractivity contribution in [3.63, 3.8) is 0 Å². The number of nitrogens with two attached hydrogens (primary N) is 1. The molecule has 1 aliphatic carbocycles. The van der Waals surface area contributed by atoms with Gasteiger partial charge in [0.1, 0.15) is 0 Å². The van der Waals surface area contributed by atoms with Crippen LogP contribution in [0, 0.1) is 5.41 Å². The second-order valence-electron chi connectivity index (χ2n) is 6.29. The highest BCUT2D eigenvalue weighted by molar-refractivity contribution is 4.86. The van der Waals surface area contributed by atoms with Crippen LogP contribution in [0.4, 0.5) is 0 Å². The van der Waals surface area contributed by atoms with Crippen LogP contribution in [0.25, 0.3) is 0 Å². The zero-order valence-electron chi connectivity index (χ0n) is 12.7. The van der Waals surface area contributed by atoms with E-state index in [2.05, 4.69) is 30.8 Å². The van der Waals surface area contributed by atoms with Crippen molar-refractivity contribution in [3.05, 3.63) is 0 Å². The van der Waals surface area contributed by atoms with Gasteiger partial charge in [0.2, 0.25) is 0 Å². The van der Waals surface area contributed by atoms with Gasteiger partial charge in [-0.2, -0.15) is 0 Å². The van der Waals surface area contributed by atoms with Gasteiger partial charge in [0.25, 0.3) is 0 Å². The molecule has 18 heavy (non-hydrogen) atoms. The molecule has 0 aromatic rings. The molecule has 0 unspecified atom stereocenters. The summed E-state index contributed by atoms with van der Waals surface area (Å²) in [6.07, 6.45) is 8.12. The fraction of sp³-hybridized carbons (Fsp3) is 1.00. The molecular weight excluding hydrogens is 222 g/mol. The summed E-state index contributed by atoms with van der Waals surface area (Å²) in [5.74, 6) is 0. The lowest BCUT2D eigenvalue weighted by Gasteiger charge is -2.40. The summed E-state index contributed by atoms with van der Waals surface area (Å²) in [6.45, 7) is 7.94. The Labute approximate surface area is 114 Å². The Morgan fingerprint density at radius 3 is 2.22 bits per heavy atom. The average Bonchev–Trinajstić information content (AvgIpc) is 2.38. The van der Waals surface area contributed by atoms with Gasteiger partial charge in [0.05, 0.1) is 0 Å². The monoisotopic (exact) mass is 255 g/mol. The lowest BCUT2D eigenvalue weighted by atomic mass is 9.73. The smallest absolute Gasteiger partial charge is 0.00500 e. The SMILES string of the molecule is CCN(CCCN(C)C)CC1(CN)CCCCC1. The molecule has 0 atom stereocenters. The Balaban J connectivity index is 2.39. The number of nitrogens with zero attached hydrogens (tertiary/aromatic N) is 2. The van der Waals surface area contributed by atoms with Crippen LogP contribution in [0.5, 0.6) is 0 Å². The van der Waals surface area contributed by atoms with Crippen LogP contribution >= 0.6 is 0 Å². The van der Waals surface area contributed by atoms with Crippen molar-refractivity contribution in [1.82, 2.24) is 9.80 Å². The van der Waals surface area contributed by atoms with Crippen LogP contribution in [0.15, 0.2) is 0 Å². The van der Waals surface area contributed by atoms with E-state index in [1.165, 1.54) is 58.2 Å². The first-order chi connectivity index (χ1) is 8.62. The summed E-state index contributed by atoms with van der Waals surface area (Å²) in [5.41, 5.74) is 6.51. The average molecular weight is 255 g/mol. The molecule has 0 spiro atoms. The largest absolute Gasteiger partial charge is 0.330 e. The number of hydrogen-bond donors (Lipinski definition) is 1.